The van der Waals surface area contributed by atoms with Gasteiger partial charge in [0.05, 0.1) is 50.6 Å². The van der Waals surface area contributed by atoms with Crippen molar-refractivity contribution in [2.45, 2.75) is 33.9 Å². The lowest BCUT2D eigenvalue weighted by molar-refractivity contribution is -0.137. The standard InChI is InChI=1S/C67H45F3N4/c1-40-5-14-45(15-6-40)49-22-27-61-55(32-49)56-33-50(46-16-7-41(2)8-17-46)23-28-62(56)73(61)65-36-53(54-26-13-44(38-71)31-60(54)67(68,69)70)37-66(59(65)39-72)74-63-29-24-51(47-18-9-42(3)10-19-47)34-57(63)58-35-52(25-30-64(58)74)48-20-11-43(4)12-21-48/h5-37H,1-4H3. The van der Waals surface area contributed by atoms with Gasteiger partial charge in [-0.3, -0.25) is 0 Å². The third-order valence-corrected chi connectivity index (χ3v) is 14.5. The Kier molecular flexibility index (Phi) is 10.9. The van der Waals surface area contributed by atoms with Crippen LogP contribution in [0.3, 0.4) is 0 Å². The van der Waals surface area contributed by atoms with E-state index in [-0.39, 0.29) is 22.3 Å². The summed E-state index contributed by atoms with van der Waals surface area (Å²) in [6.45, 7) is 8.23. The van der Waals surface area contributed by atoms with Gasteiger partial charge in [-0.2, -0.15) is 23.7 Å². The van der Waals surface area contributed by atoms with Crippen molar-refractivity contribution in [3.8, 4) is 79.1 Å². The monoisotopic (exact) mass is 962 g/mol. The normalized spacial score (nSPS) is 11.7. The molecular formula is C67H45F3N4. The molecule has 0 aliphatic carbocycles. The zero-order valence-electron chi connectivity index (χ0n) is 41.0. The molecule has 10 aromatic carbocycles. The summed E-state index contributed by atoms with van der Waals surface area (Å²) in [5.41, 5.74) is 16.0. The number of fused-ring (bicyclic) bond motifs is 6. The van der Waals surface area contributed by atoms with Gasteiger partial charge in [-0.05, 0) is 156 Å². The highest BCUT2D eigenvalue weighted by Crippen LogP contribution is 2.45. The summed E-state index contributed by atoms with van der Waals surface area (Å²) in [5, 5.41) is 25.3. The molecule has 7 heteroatoms. The maximum absolute atomic E-state index is 15.4. The molecule has 0 aliphatic heterocycles. The number of hydrogen-bond acceptors (Lipinski definition) is 2. The molecule has 4 nitrogen and oxygen atoms in total. The average Bonchev–Trinajstić information content (AvgIpc) is 3.93. The summed E-state index contributed by atoms with van der Waals surface area (Å²) in [6, 6.07) is 70.3. The van der Waals surface area contributed by atoms with Crippen molar-refractivity contribution in [2.24, 2.45) is 0 Å². The summed E-state index contributed by atoms with van der Waals surface area (Å²) >= 11 is 0. The van der Waals surface area contributed by atoms with Gasteiger partial charge in [0.25, 0.3) is 0 Å². The molecule has 12 aromatic rings. The molecule has 0 saturated carbocycles. The Hall–Kier alpha value is -9.43. The van der Waals surface area contributed by atoms with Crippen molar-refractivity contribution >= 4 is 43.6 Å². The number of nitriles is 2. The molecule has 12 rings (SSSR count). The van der Waals surface area contributed by atoms with Crippen LogP contribution in [0.4, 0.5) is 13.2 Å². The maximum Gasteiger partial charge on any atom is 0.417 e. The molecule has 0 bridgehead atoms. The molecule has 2 aromatic heterocycles. The van der Waals surface area contributed by atoms with Gasteiger partial charge in [0, 0.05) is 21.5 Å². The molecule has 354 valence electrons. The SMILES string of the molecule is Cc1ccc(-c2ccc3c(c2)c2cc(-c4ccc(C)cc4)ccc2n3-c2cc(-c3ccc(C#N)cc3C(F)(F)F)cc(-n3c4ccc(-c5ccc(C)cc5)cc4c4cc(-c5ccc(C)cc5)ccc43)c2C#N)cc1. The minimum atomic E-state index is -4.81. The first kappa shape index (κ1) is 45.7. The number of alkyl halides is 3. The topological polar surface area (TPSA) is 57.4 Å². The highest BCUT2D eigenvalue weighted by atomic mass is 19.4. The van der Waals surface area contributed by atoms with Gasteiger partial charge in [0.15, 0.2) is 0 Å². The van der Waals surface area contributed by atoms with Crippen molar-refractivity contribution < 1.29 is 13.2 Å². The predicted octanol–water partition coefficient (Wildman–Crippen LogP) is 18.2. The molecule has 0 atom stereocenters. The van der Waals surface area contributed by atoms with E-state index < -0.39 is 11.7 Å². The van der Waals surface area contributed by atoms with E-state index in [2.05, 4.69) is 179 Å². The molecule has 0 N–H and O–H groups in total. The van der Waals surface area contributed by atoms with E-state index in [0.717, 1.165) is 116 Å². The lowest BCUT2D eigenvalue weighted by Crippen LogP contribution is -2.09. The van der Waals surface area contributed by atoms with Crippen LogP contribution in [-0.4, -0.2) is 9.13 Å². The molecule has 74 heavy (non-hydrogen) atoms. The largest absolute Gasteiger partial charge is 0.417 e. The first-order valence-corrected chi connectivity index (χ1v) is 24.5. The highest BCUT2D eigenvalue weighted by molar-refractivity contribution is 6.14. The smallest absolute Gasteiger partial charge is 0.308 e. The Bertz CT molecular complexity index is 3870. The van der Waals surface area contributed by atoms with Crippen LogP contribution in [0.25, 0.3) is 111 Å². The quantitative estimate of drug-likeness (QED) is 0.160. The summed E-state index contributed by atoms with van der Waals surface area (Å²) in [7, 11) is 0. The molecule has 0 unspecified atom stereocenters. The van der Waals surface area contributed by atoms with Gasteiger partial charge in [-0.15, -0.1) is 0 Å². The summed E-state index contributed by atoms with van der Waals surface area (Å²) in [6.07, 6.45) is -4.81. The Labute approximate surface area is 426 Å². The number of halogens is 3. The molecule has 0 fully saturated rings. The number of hydrogen-bond donors (Lipinski definition) is 0. The Morgan fingerprint density at radius 3 is 0.932 bits per heavy atom. The Morgan fingerprint density at radius 1 is 0.338 bits per heavy atom. The number of rotatable bonds is 7. The van der Waals surface area contributed by atoms with E-state index in [1.165, 1.54) is 12.1 Å². The van der Waals surface area contributed by atoms with Crippen molar-refractivity contribution in [3.63, 3.8) is 0 Å². The fourth-order valence-electron chi connectivity index (χ4n) is 10.6. The number of aromatic nitrogens is 2. The van der Waals surface area contributed by atoms with Crippen molar-refractivity contribution in [1.29, 1.82) is 10.5 Å². The Morgan fingerprint density at radius 2 is 0.649 bits per heavy atom. The van der Waals surface area contributed by atoms with Gasteiger partial charge in [-0.1, -0.05) is 150 Å². The second-order valence-corrected chi connectivity index (χ2v) is 19.4. The van der Waals surface area contributed by atoms with Crippen LogP contribution in [-0.2, 0) is 6.18 Å². The molecule has 0 radical (unpaired) electrons. The first-order chi connectivity index (χ1) is 35.8. The zero-order chi connectivity index (χ0) is 51.0. The number of benzene rings is 10. The van der Waals surface area contributed by atoms with Crippen LogP contribution in [0.1, 0.15) is 38.9 Å². The predicted molar refractivity (Wildman–Crippen MR) is 296 cm³/mol. The van der Waals surface area contributed by atoms with Crippen LogP contribution in [0.2, 0.25) is 0 Å². The van der Waals surface area contributed by atoms with Gasteiger partial charge < -0.3 is 9.13 Å². The molecular weight excluding hydrogens is 918 g/mol. The number of aryl methyl sites for hydroxylation is 4. The maximum atomic E-state index is 15.4. The van der Waals surface area contributed by atoms with E-state index >= 15 is 13.2 Å². The van der Waals surface area contributed by atoms with E-state index in [1.807, 2.05) is 39.5 Å². The second kappa shape index (κ2) is 17.7. The summed E-state index contributed by atoms with van der Waals surface area (Å²) in [4.78, 5) is 0. The fraction of sp³-hybridized carbons (Fsp3) is 0.0746. The lowest BCUT2D eigenvalue weighted by Gasteiger charge is -2.20. The van der Waals surface area contributed by atoms with Gasteiger partial charge >= 0.3 is 6.18 Å². The van der Waals surface area contributed by atoms with Crippen LogP contribution < -0.4 is 0 Å². The first-order valence-electron chi connectivity index (χ1n) is 24.5. The van der Waals surface area contributed by atoms with Crippen LogP contribution in [0.5, 0.6) is 0 Å². The Balaban J connectivity index is 1.20. The lowest BCUT2D eigenvalue weighted by atomic mass is 9.94. The molecule has 0 spiro atoms. The van der Waals surface area contributed by atoms with Crippen LogP contribution >= 0.6 is 0 Å². The van der Waals surface area contributed by atoms with Gasteiger partial charge in [0.1, 0.15) is 11.6 Å². The van der Waals surface area contributed by atoms with Crippen molar-refractivity contribution in [1.82, 2.24) is 9.13 Å². The highest BCUT2D eigenvalue weighted by Gasteiger charge is 2.35. The summed E-state index contributed by atoms with van der Waals surface area (Å²) < 4.78 is 50.3. The minimum Gasteiger partial charge on any atom is -0.308 e. The summed E-state index contributed by atoms with van der Waals surface area (Å²) in [5.74, 6) is 0. The second-order valence-electron chi connectivity index (χ2n) is 19.4. The molecule has 2 heterocycles. The third kappa shape index (κ3) is 7.87. The van der Waals surface area contributed by atoms with Crippen LogP contribution in [0, 0.1) is 50.4 Å². The van der Waals surface area contributed by atoms with E-state index in [4.69, 9.17) is 0 Å². The molecule has 0 aliphatic rings. The number of nitrogens with zero attached hydrogens (tertiary/aromatic N) is 4. The fourth-order valence-corrected chi connectivity index (χ4v) is 10.6. The molecule has 0 amide bonds. The zero-order valence-corrected chi connectivity index (χ0v) is 41.0. The average molecular weight is 963 g/mol. The van der Waals surface area contributed by atoms with Crippen LogP contribution in [0.15, 0.2) is 200 Å². The third-order valence-electron chi connectivity index (χ3n) is 14.5. The minimum absolute atomic E-state index is 0.109. The molecule has 0 saturated heterocycles. The van der Waals surface area contributed by atoms with Crippen molar-refractivity contribution in [3.05, 3.63) is 239 Å². The van der Waals surface area contributed by atoms with E-state index in [1.54, 1.807) is 12.1 Å². The van der Waals surface area contributed by atoms with E-state index in [9.17, 15) is 10.5 Å². The van der Waals surface area contributed by atoms with Gasteiger partial charge in [-0.25, -0.2) is 0 Å². The van der Waals surface area contributed by atoms with Crippen molar-refractivity contribution in [2.75, 3.05) is 0 Å². The van der Waals surface area contributed by atoms with Gasteiger partial charge in [0.2, 0.25) is 0 Å². The van der Waals surface area contributed by atoms with E-state index in [0.29, 0.717) is 11.4 Å².